The molecule has 5 heteroatoms. The van der Waals surface area contributed by atoms with Gasteiger partial charge in [0.05, 0.1) is 25.3 Å². The van der Waals surface area contributed by atoms with E-state index in [1.54, 1.807) is 6.92 Å². The summed E-state index contributed by atoms with van der Waals surface area (Å²) >= 11 is 0. The second-order valence-corrected chi connectivity index (χ2v) is 3.93. The summed E-state index contributed by atoms with van der Waals surface area (Å²) in [4.78, 5) is 11.5. The zero-order chi connectivity index (χ0) is 13.9. The van der Waals surface area contributed by atoms with Crippen LogP contribution in [0.3, 0.4) is 0 Å². The van der Waals surface area contributed by atoms with Gasteiger partial charge in [-0.15, -0.1) is 5.16 Å². The van der Waals surface area contributed by atoms with Crippen LogP contribution in [0.5, 0.6) is 5.75 Å². The molecule has 0 heterocycles. The fourth-order valence-corrected chi connectivity index (χ4v) is 1.59. The number of para-hydroxylation sites is 1. The van der Waals surface area contributed by atoms with Crippen LogP contribution in [0, 0.1) is 5.92 Å². The summed E-state index contributed by atoms with van der Waals surface area (Å²) in [5, 5.41) is 11.4. The number of ether oxygens (including phenoxy) is 2. The maximum atomic E-state index is 11.5. The van der Waals surface area contributed by atoms with Gasteiger partial charge in [-0.25, -0.2) is 0 Å². The van der Waals surface area contributed by atoms with Crippen molar-refractivity contribution in [3.63, 3.8) is 0 Å². The summed E-state index contributed by atoms with van der Waals surface area (Å²) in [7, 11) is 0. The Kier molecular flexibility index (Phi) is 7.09. The maximum absolute atomic E-state index is 11.5. The number of hydrogen-bond acceptors (Lipinski definition) is 5. The molecule has 1 N–H and O–H groups in total. The molecule has 0 saturated heterocycles. The van der Waals surface area contributed by atoms with Crippen molar-refractivity contribution in [3.05, 3.63) is 30.3 Å². The fourth-order valence-electron chi connectivity index (χ4n) is 1.59. The quantitative estimate of drug-likeness (QED) is 0.258. The lowest BCUT2D eigenvalue weighted by Gasteiger charge is -2.11. The van der Waals surface area contributed by atoms with Crippen molar-refractivity contribution in [2.45, 2.75) is 19.8 Å². The standard InChI is InChI=1S/C14H19NO4/c1-2-18-14(16)12(11-15-17)7-6-10-19-13-8-4-3-5-9-13/h3-5,8-9,11-12,17H,2,6-7,10H2,1H3/b15-11-. The number of hydrogen-bond donors (Lipinski definition) is 1. The number of oxime groups is 1. The van der Waals surface area contributed by atoms with E-state index in [2.05, 4.69) is 5.16 Å². The molecule has 1 aromatic rings. The van der Waals surface area contributed by atoms with Crippen molar-refractivity contribution in [1.82, 2.24) is 0 Å². The second-order valence-electron chi connectivity index (χ2n) is 3.93. The van der Waals surface area contributed by atoms with Crippen LogP contribution in [0.4, 0.5) is 0 Å². The molecular weight excluding hydrogens is 246 g/mol. The third-order valence-electron chi connectivity index (χ3n) is 2.51. The average molecular weight is 265 g/mol. The fraction of sp³-hybridized carbons (Fsp3) is 0.429. The molecule has 5 nitrogen and oxygen atoms in total. The SMILES string of the molecule is CCOC(=O)C(/C=N\O)CCCOc1ccccc1. The molecule has 0 amide bonds. The van der Waals surface area contributed by atoms with Crippen LogP contribution in [0.15, 0.2) is 35.5 Å². The lowest BCUT2D eigenvalue weighted by Crippen LogP contribution is -2.20. The number of nitrogens with zero attached hydrogens (tertiary/aromatic N) is 1. The number of rotatable bonds is 8. The Balaban J connectivity index is 2.30. The third kappa shape index (κ3) is 5.90. The summed E-state index contributed by atoms with van der Waals surface area (Å²) in [5.74, 6) is -0.102. The molecule has 0 spiro atoms. The smallest absolute Gasteiger partial charge is 0.314 e. The van der Waals surface area contributed by atoms with E-state index < -0.39 is 5.92 Å². The first-order chi connectivity index (χ1) is 9.27. The Morgan fingerprint density at radius 2 is 2.16 bits per heavy atom. The molecule has 0 fully saturated rings. The zero-order valence-corrected chi connectivity index (χ0v) is 11.0. The Bertz CT molecular complexity index is 392. The van der Waals surface area contributed by atoms with E-state index in [-0.39, 0.29) is 5.97 Å². The van der Waals surface area contributed by atoms with Gasteiger partial charge in [-0.2, -0.15) is 0 Å². The minimum absolute atomic E-state index is 0.315. The minimum atomic E-state index is -0.524. The van der Waals surface area contributed by atoms with Gasteiger partial charge in [-0.1, -0.05) is 18.2 Å². The number of esters is 1. The molecule has 0 saturated carbocycles. The van der Waals surface area contributed by atoms with Crippen LogP contribution in [-0.4, -0.2) is 30.6 Å². The van der Waals surface area contributed by atoms with Crippen LogP contribution in [0.25, 0.3) is 0 Å². The normalized spacial score (nSPS) is 12.3. The molecule has 0 aliphatic rings. The molecule has 0 aromatic heterocycles. The van der Waals surface area contributed by atoms with Gasteiger partial charge in [0.15, 0.2) is 0 Å². The largest absolute Gasteiger partial charge is 0.494 e. The molecule has 1 rings (SSSR count). The number of benzene rings is 1. The van der Waals surface area contributed by atoms with Crippen LogP contribution in [0.2, 0.25) is 0 Å². The van der Waals surface area contributed by atoms with E-state index in [4.69, 9.17) is 14.7 Å². The topological polar surface area (TPSA) is 68.1 Å². The number of carbonyl (C=O) groups is 1. The minimum Gasteiger partial charge on any atom is -0.494 e. The van der Waals surface area contributed by atoms with Crippen molar-refractivity contribution in [2.24, 2.45) is 11.1 Å². The summed E-state index contributed by atoms with van der Waals surface area (Å²) < 4.78 is 10.4. The van der Waals surface area contributed by atoms with Crippen LogP contribution >= 0.6 is 0 Å². The van der Waals surface area contributed by atoms with Crippen molar-refractivity contribution >= 4 is 12.2 Å². The van der Waals surface area contributed by atoms with Gasteiger partial charge >= 0.3 is 5.97 Å². The molecule has 0 aliphatic heterocycles. The molecule has 1 aromatic carbocycles. The van der Waals surface area contributed by atoms with Gasteiger partial charge in [0, 0.05) is 0 Å². The molecule has 0 bridgehead atoms. The Morgan fingerprint density at radius 1 is 1.42 bits per heavy atom. The Morgan fingerprint density at radius 3 is 2.79 bits per heavy atom. The van der Waals surface area contributed by atoms with Gasteiger partial charge in [-0.3, -0.25) is 4.79 Å². The summed E-state index contributed by atoms with van der Waals surface area (Å²) in [6.07, 6.45) is 2.39. The summed E-state index contributed by atoms with van der Waals surface area (Å²) in [5.41, 5.74) is 0. The third-order valence-corrected chi connectivity index (χ3v) is 2.51. The highest BCUT2D eigenvalue weighted by Gasteiger charge is 2.17. The first-order valence-electron chi connectivity index (χ1n) is 6.30. The second kappa shape index (κ2) is 8.97. The molecular formula is C14H19NO4. The van der Waals surface area contributed by atoms with Crippen molar-refractivity contribution < 1.29 is 19.5 Å². The molecule has 104 valence electrons. The van der Waals surface area contributed by atoms with E-state index >= 15 is 0 Å². The van der Waals surface area contributed by atoms with Gasteiger partial charge in [0.25, 0.3) is 0 Å². The lowest BCUT2D eigenvalue weighted by molar-refractivity contribution is -0.145. The predicted molar refractivity (Wildman–Crippen MR) is 71.6 cm³/mol. The van der Waals surface area contributed by atoms with Crippen LogP contribution in [0.1, 0.15) is 19.8 Å². The molecule has 0 aliphatic carbocycles. The van der Waals surface area contributed by atoms with Crippen LogP contribution < -0.4 is 4.74 Å². The first kappa shape index (κ1) is 15.0. The molecule has 1 unspecified atom stereocenters. The lowest BCUT2D eigenvalue weighted by atomic mass is 10.1. The van der Waals surface area contributed by atoms with E-state index in [0.717, 1.165) is 5.75 Å². The molecule has 0 radical (unpaired) electrons. The van der Waals surface area contributed by atoms with E-state index in [1.807, 2.05) is 30.3 Å². The summed E-state index contributed by atoms with van der Waals surface area (Å²) in [6.45, 7) is 2.55. The summed E-state index contributed by atoms with van der Waals surface area (Å²) in [6, 6.07) is 9.46. The highest BCUT2D eigenvalue weighted by atomic mass is 16.5. The van der Waals surface area contributed by atoms with Crippen molar-refractivity contribution in [3.8, 4) is 5.75 Å². The van der Waals surface area contributed by atoms with Gasteiger partial charge in [0.1, 0.15) is 5.75 Å². The first-order valence-corrected chi connectivity index (χ1v) is 6.30. The van der Waals surface area contributed by atoms with Crippen molar-refractivity contribution in [2.75, 3.05) is 13.2 Å². The average Bonchev–Trinajstić information content (AvgIpc) is 2.43. The van der Waals surface area contributed by atoms with Crippen LogP contribution in [-0.2, 0) is 9.53 Å². The van der Waals surface area contributed by atoms with Gasteiger partial charge in [-0.05, 0) is 31.9 Å². The van der Waals surface area contributed by atoms with Gasteiger partial charge < -0.3 is 14.7 Å². The van der Waals surface area contributed by atoms with E-state index in [1.165, 1.54) is 6.21 Å². The highest BCUT2D eigenvalue weighted by Crippen LogP contribution is 2.11. The monoisotopic (exact) mass is 265 g/mol. The molecule has 1 atom stereocenters. The Labute approximate surface area is 112 Å². The Hall–Kier alpha value is -2.04. The predicted octanol–water partition coefficient (Wildman–Crippen LogP) is 2.48. The number of carbonyl (C=O) groups excluding carboxylic acids is 1. The van der Waals surface area contributed by atoms with Gasteiger partial charge in [0.2, 0.25) is 0 Å². The highest BCUT2D eigenvalue weighted by molar-refractivity contribution is 5.89. The zero-order valence-electron chi connectivity index (χ0n) is 11.0. The maximum Gasteiger partial charge on any atom is 0.314 e. The van der Waals surface area contributed by atoms with E-state index in [0.29, 0.717) is 26.1 Å². The van der Waals surface area contributed by atoms with E-state index in [9.17, 15) is 4.79 Å². The van der Waals surface area contributed by atoms with Crippen molar-refractivity contribution in [1.29, 1.82) is 0 Å². The molecule has 19 heavy (non-hydrogen) atoms.